The summed E-state index contributed by atoms with van der Waals surface area (Å²) in [6.45, 7) is 10.3. The zero-order chi connectivity index (χ0) is 23.2. The Morgan fingerprint density at radius 2 is 1.66 bits per heavy atom. The van der Waals surface area contributed by atoms with Crippen molar-refractivity contribution in [3.8, 4) is 0 Å². The van der Waals surface area contributed by atoms with Crippen LogP contribution in [0.3, 0.4) is 0 Å². The van der Waals surface area contributed by atoms with Crippen LogP contribution in [0.1, 0.15) is 58.9 Å². The molecule has 2 aliphatic rings. The van der Waals surface area contributed by atoms with E-state index in [-0.39, 0.29) is 30.6 Å². The third-order valence-electron chi connectivity index (χ3n) is 6.70. The van der Waals surface area contributed by atoms with Crippen LogP contribution in [-0.2, 0) is 30.1 Å². The van der Waals surface area contributed by atoms with Gasteiger partial charge < -0.3 is 24.3 Å². The van der Waals surface area contributed by atoms with Gasteiger partial charge in [-0.3, -0.25) is 9.59 Å². The lowest BCUT2D eigenvalue weighted by Crippen LogP contribution is -2.48. The number of nitrogens with one attached hydrogen (secondary N) is 1. The average Bonchev–Trinajstić information content (AvgIpc) is 2.99. The summed E-state index contributed by atoms with van der Waals surface area (Å²) in [6.07, 6.45) is 2.90. The van der Waals surface area contributed by atoms with E-state index in [2.05, 4.69) is 17.4 Å². The van der Waals surface area contributed by atoms with Crippen molar-refractivity contribution in [3.05, 3.63) is 35.9 Å². The van der Waals surface area contributed by atoms with Gasteiger partial charge in [0.05, 0.1) is 30.4 Å². The third-order valence-corrected chi connectivity index (χ3v) is 6.70. The first-order valence-electron chi connectivity index (χ1n) is 11.7. The molecule has 3 rings (SSSR count). The van der Waals surface area contributed by atoms with Crippen LogP contribution in [0, 0.1) is 0 Å². The first-order chi connectivity index (χ1) is 15.2. The highest BCUT2D eigenvalue weighted by Gasteiger charge is 2.53. The zero-order valence-corrected chi connectivity index (χ0v) is 19.9. The summed E-state index contributed by atoms with van der Waals surface area (Å²) in [5.41, 5.74) is 0.334. The number of nitrogens with zero attached hydrogens (tertiary/aromatic N) is 1. The highest BCUT2D eigenvalue weighted by atomic mass is 16.7. The molecule has 32 heavy (non-hydrogen) atoms. The maximum Gasteiger partial charge on any atom is 0.481 e. The molecule has 0 aromatic heterocycles. The average molecular weight is 444 g/mol. The quantitative estimate of drug-likeness (QED) is 0.593. The standard InChI is InChI=1S/C24H37BN2O5/c1-23(2)24(3,4)32-25(31-23)20(12-8-11-19-9-6-5-7-10-19)26-21(28)13-14-22(29)27-15-17-30-18-16-27/h5-7,9-10,20H,8,11-18H2,1-4H3,(H,26,28)/t20-/m0/s1. The lowest BCUT2D eigenvalue weighted by Gasteiger charge is -2.32. The van der Waals surface area contributed by atoms with Crippen molar-refractivity contribution in [3.63, 3.8) is 0 Å². The second-order valence-corrected chi connectivity index (χ2v) is 9.67. The Morgan fingerprint density at radius 3 is 2.28 bits per heavy atom. The van der Waals surface area contributed by atoms with E-state index in [9.17, 15) is 9.59 Å². The Bertz CT molecular complexity index is 749. The highest BCUT2D eigenvalue weighted by Crippen LogP contribution is 2.38. The molecular formula is C24H37BN2O5. The Hall–Kier alpha value is -1.90. The van der Waals surface area contributed by atoms with Gasteiger partial charge in [-0.05, 0) is 52.5 Å². The van der Waals surface area contributed by atoms with Crippen LogP contribution in [0.4, 0.5) is 0 Å². The second kappa shape index (κ2) is 10.8. The molecule has 2 amide bonds. The van der Waals surface area contributed by atoms with Crippen molar-refractivity contribution >= 4 is 18.9 Å². The number of hydrogen-bond donors (Lipinski definition) is 1. The van der Waals surface area contributed by atoms with Gasteiger partial charge in [0, 0.05) is 25.9 Å². The number of aryl methyl sites for hydroxylation is 1. The van der Waals surface area contributed by atoms with Gasteiger partial charge >= 0.3 is 7.12 Å². The number of hydrogen-bond acceptors (Lipinski definition) is 5. The highest BCUT2D eigenvalue weighted by molar-refractivity contribution is 6.48. The van der Waals surface area contributed by atoms with Crippen molar-refractivity contribution in [2.24, 2.45) is 0 Å². The molecule has 1 N–H and O–H groups in total. The number of carbonyl (C=O) groups is 2. The first kappa shape index (κ1) is 24.7. The number of morpholine rings is 1. The fourth-order valence-electron chi connectivity index (χ4n) is 3.97. The zero-order valence-electron chi connectivity index (χ0n) is 19.9. The molecule has 0 spiro atoms. The molecule has 0 aliphatic carbocycles. The van der Waals surface area contributed by atoms with E-state index in [4.69, 9.17) is 14.0 Å². The van der Waals surface area contributed by atoms with Crippen LogP contribution < -0.4 is 5.32 Å². The minimum absolute atomic E-state index is 0.000268. The summed E-state index contributed by atoms with van der Waals surface area (Å²) in [5, 5.41) is 3.09. The predicted octanol–water partition coefficient (Wildman–Crippen LogP) is 2.76. The summed E-state index contributed by atoms with van der Waals surface area (Å²) in [4.78, 5) is 26.9. The molecule has 2 aliphatic heterocycles. The van der Waals surface area contributed by atoms with E-state index in [0.717, 1.165) is 19.3 Å². The van der Waals surface area contributed by atoms with Crippen LogP contribution in [0.2, 0.25) is 0 Å². The molecule has 0 saturated carbocycles. The normalized spacial score (nSPS) is 20.8. The van der Waals surface area contributed by atoms with Crippen LogP contribution in [0.5, 0.6) is 0 Å². The van der Waals surface area contributed by atoms with E-state index in [0.29, 0.717) is 26.3 Å². The van der Waals surface area contributed by atoms with E-state index in [1.807, 2.05) is 45.9 Å². The largest absolute Gasteiger partial charge is 0.481 e. The molecule has 176 valence electrons. The van der Waals surface area contributed by atoms with Crippen molar-refractivity contribution < 1.29 is 23.6 Å². The number of carbonyl (C=O) groups excluding carboxylic acids is 2. The van der Waals surface area contributed by atoms with Gasteiger partial charge in [0.2, 0.25) is 11.8 Å². The van der Waals surface area contributed by atoms with Crippen LogP contribution in [-0.4, -0.2) is 67.3 Å². The van der Waals surface area contributed by atoms with Crippen LogP contribution in [0.15, 0.2) is 30.3 Å². The number of benzene rings is 1. The topological polar surface area (TPSA) is 77.1 Å². The number of amides is 2. The molecule has 8 heteroatoms. The molecule has 2 saturated heterocycles. The lowest BCUT2D eigenvalue weighted by atomic mass is 9.75. The van der Waals surface area contributed by atoms with Crippen molar-refractivity contribution in [2.45, 2.75) is 76.9 Å². The second-order valence-electron chi connectivity index (χ2n) is 9.67. The van der Waals surface area contributed by atoms with Crippen molar-refractivity contribution in [2.75, 3.05) is 26.3 Å². The Morgan fingerprint density at radius 1 is 1.03 bits per heavy atom. The molecule has 1 atom stereocenters. The summed E-state index contributed by atoms with van der Waals surface area (Å²) in [5.74, 6) is -0.420. The van der Waals surface area contributed by atoms with E-state index in [1.54, 1.807) is 4.90 Å². The SMILES string of the molecule is CC1(C)OB([C@H](CCCc2ccccc2)NC(=O)CCC(=O)N2CCOCC2)OC1(C)C. The minimum Gasteiger partial charge on any atom is -0.402 e. The van der Waals surface area contributed by atoms with Gasteiger partial charge in [0.25, 0.3) is 0 Å². The lowest BCUT2D eigenvalue weighted by molar-refractivity contribution is -0.137. The Kier molecular flexibility index (Phi) is 8.36. The first-order valence-corrected chi connectivity index (χ1v) is 11.7. The summed E-state index contributed by atoms with van der Waals surface area (Å²) in [7, 11) is -0.519. The number of ether oxygens (including phenoxy) is 1. The Balaban J connectivity index is 1.56. The molecule has 1 aromatic carbocycles. The molecule has 1 aromatic rings. The Labute approximate surface area is 192 Å². The van der Waals surface area contributed by atoms with Gasteiger partial charge in [-0.25, -0.2) is 0 Å². The predicted molar refractivity (Wildman–Crippen MR) is 124 cm³/mol. The summed E-state index contributed by atoms with van der Waals surface area (Å²) < 4.78 is 17.7. The number of rotatable bonds is 9. The van der Waals surface area contributed by atoms with E-state index in [1.165, 1.54) is 5.56 Å². The maximum atomic E-state index is 12.7. The molecule has 2 heterocycles. The van der Waals surface area contributed by atoms with E-state index >= 15 is 0 Å². The van der Waals surface area contributed by atoms with Gasteiger partial charge in [0.15, 0.2) is 0 Å². The van der Waals surface area contributed by atoms with Gasteiger partial charge in [-0.1, -0.05) is 30.3 Å². The molecule has 0 unspecified atom stereocenters. The van der Waals surface area contributed by atoms with Crippen LogP contribution in [0.25, 0.3) is 0 Å². The monoisotopic (exact) mass is 444 g/mol. The van der Waals surface area contributed by atoms with Gasteiger partial charge in [0.1, 0.15) is 0 Å². The fourth-order valence-corrected chi connectivity index (χ4v) is 3.97. The van der Waals surface area contributed by atoms with Crippen molar-refractivity contribution in [1.82, 2.24) is 10.2 Å². The van der Waals surface area contributed by atoms with Crippen LogP contribution >= 0.6 is 0 Å². The minimum atomic E-state index is -0.519. The van der Waals surface area contributed by atoms with E-state index < -0.39 is 18.3 Å². The molecule has 2 fully saturated rings. The smallest absolute Gasteiger partial charge is 0.402 e. The van der Waals surface area contributed by atoms with Crippen molar-refractivity contribution in [1.29, 1.82) is 0 Å². The molecule has 0 bridgehead atoms. The summed E-state index contributed by atoms with van der Waals surface area (Å²) in [6, 6.07) is 10.3. The molecule has 0 radical (unpaired) electrons. The molecule has 7 nitrogen and oxygen atoms in total. The molecular weight excluding hydrogens is 407 g/mol. The van der Waals surface area contributed by atoms with Gasteiger partial charge in [-0.15, -0.1) is 0 Å². The maximum absolute atomic E-state index is 12.7. The van der Waals surface area contributed by atoms with Gasteiger partial charge in [-0.2, -0.15) is 0 Å². The third kappa shape index (κ3) is 6.56. The summed E-state index contributed by atoms with van der Waals surface area (Å²) >= 11 is 0. The fraction of sp³-hybridized carbons (Fsp3) is 0.667.